The number of methoxy groups -OCH3 is 1. The van der Waals surface area contributed by atoms with Gasteiger partial charge in [0.15, 0.2) is 0 Å². The molecule has 8 heteroatoms. The molecule has 0 fully saturated rings. The molecule has 27 heavy (non-hydrogen) atoms. The largest absolute Gasteiger partial charge is 0.384 e. The van der Waals surface area contributed by atoms with Crippen LogP contribution in [0.25, 0.3) is 16.2 Å². The van der Waals surface area contributed by atoms with Crippen molar-refractivity contribution in [3.05, 3.63) is 27.9 Å². The molecular formula is C19H24N4O2S2. The zero-order valence-electron chi connectivity index (χ0n) is 16.3. The predicted octanol–water partition coefficient (Wildman–Crippen LogP) is 4.08. The monoisotopic (exact) mass is 404 g/mol. The third-order valence-corrected chi connectivity index (χ3v) is 6.65. The van der Waals surface area contributed by atoms with Crippen molar-refractivity contribution in [3.8, 4) is 5.95 Å². The minimum Gasteiger partial charge on any atom is -0.384 e. The van der Waals surface area contributed by atoms with E-state index >= 15 is 0 Å². The van der Waals surface area contributed by atoms with E-state index in [0.717, 1.165) is 33.4 Å². The van der Waals surface area contributed by atoms with Gasteiger partial charge < -0.3 is 9.47 Å². The van der Waals surface area contributed by atoms with Gasteiger partial charge in [0.1, 0.15) is 9.86 Å². The normalized spacial score (nSPS) is 16.0. The molecule has 1 aliphatic rings. The zero-order valence-corrected chi connectivity index (χ0v) is 18.0. The van der Waals surface area contributed by atoms with Gasteiger partial charge in [0.05, 0.1) is 24.5 Å². The maximum absolute atomic E-state index is 6.01. The van der Waals surface area contributed by atoms with Crippen LogP contribution in [-0.4, -0.2) is 44.8 Å². The second-order valence-electron chi connectivity index (χ2n) is 7.42. The average molecular weight is 405 g/mol. The second-order valence-corrected chi connectivity index (χ2v) is 9.59. The summed E-state index contributed by atoms with van der Waals surface area (Å²) in [6.45, 7) is 9.62. The number of thiophene rings is 1. The van der Waals surface area contributed by atoms with Gasteiger partial charge >= 0.3 is 0 Å². The maximum Gasteiger partial charge on any atom is 0.253 e. The Morgan fingerprint density at radius 3 is 2.85 bits per heavy atom. The summed E-state index contributed by atoms with van der Waals surface area (Å²) in [5.74, 6) is 1.48. The number of ether oxygens (including phenoxy) is 2. The van der Waals surface area contributed by atoms with Gasteiger partial charge in [-0.15, -0.1) is 23.1 Å². The van der Waals surface area contributed by atoms with Crippen LogP contribution in [0.15, 0.2) is 11.1 Å². The van der Waals surface area contributed by atoms with Crippen molar-refractivity contribution in [2.45, 2.75) is 51.3 Å². The summed E-state index contributed by atoms with van der Waals surface area (Å²) in [6.07, 6.45) is 0.878. The lowest BCUT2D eigenvalue weighted by Gasteiger charge is -2.30. The molecule has 0 atom stereocenters. The first-order valence-electron chi connectivity index (χ1n) is 8.99. The van der Waals surface area contributed by atoms with E-state index in [0.29, 0.717) is 19.2 Å². The second kappa shape index (κ2) is 7.16. The Hall–Kier alpha value is -1.48. The lowest BCUT2D eigenvalue weighted by molar-refractivity contribution is -0.0379. The van der Waals surface area contributed by atoms with E-state index in [1.807, 2.05) is 24.6 Å². The van der Waals surface area contributed by atoms with Crippen molar-refractivity contribution in [1.82, 2.24) is 19.7 Å². The van der Waals surface area contributed by atoms with E-state index in [9.17, 15) is 0 Å². The van der Waals surface area contributed by atoms with Crippen LogP contribution in [0.4, 0.5) is 0 Å². The lowest BCUT2D eigenvalue weighted by Crippen LogP contribution is -2.31. The molecule has 6 nitrogen and oxygen atoms in total. The molecule has 0 saturated heterocycles. The van der Waals surface area contributed by atoms with Crippen LogP contribution in [0.5, 0.6) is 0 Å². The first-order valence-corrected chi connectivity index (χ1v) is 10.8. The molecular weight excluding hydrogens is 380 g/mol. The van der Waals surface area contributed by atoms with E-state index in [1.54, 1.807) is 30.2 Å². The summed E-state index contributed by atoms with van der Waals surface area (Å²) in [6, 6.07) is 2.04. The summed E-state index contributed by atoms with van der Waals surface area (Å²) in [5, 5.41) is 6.76. The minimum absolute atomic E-state index is 0.163. The van der Waals surface area contributed by atoms with Gasteiger partial charge in [0.2, 0.25) is 0 Å². The van der Waals surface area contributed by atoms with E-state index in [4.69, 9.17) is 19.4 Å². The van der Waals surface area contributed by atoms with Crippen LogP contribution in [0.3, 0.4) is 0 Å². The Bertz CT molecular complexity index is 993. The summed E-state index contributed by atoms with van der Waals surface area (Å²) in [5.41, 5.74) is 3.17. The van der Waals surface area contributed by atoms with Crippen molar-refractivity contribution < 1.29 is 9.47 Å². The molecule has 0 saturated carbocycles. The zero-order chi connectivity index (χ0) is 19.2. The minimum atomic E-state index is -0.163. The number of aromatic nitrogens is 4. The SMILES string of the molecule is COCCSc1nc(-n2nc(C)cc2C)nc2sc3c(c12)CC(C)(C)OC3. The highest BCUT2D eigenvalue weighted by Crippen LogP contribution is 2.41. The number of rotatable bonds is 5. The Kier molecular flexibility index (Phi) is 5.00. The summed E-state index contributed by atoms with van der Waals surface area (Å²) >= 11 is 3.44. The lowest BCUT2D eigenvalue weighted by atomic mass is 9.95. The highest BCUT2D eigenvalue weighted by molar-refractivity contribution is 7.99. The molecule has 3 aromatic rings. The number of hydrogen-bond acceptors (Lipinski definition) is 7. The van der Waals surface area contributed by atoms with Gasteiger partial charge in [0, 0.05) is 35.2 Å². The van der Waals surface area contributed by atoms with Gasteiger partial charge in [0.25, 0.3) is 5.95 Å². The molecule has 0 N–H and O–H groups in total. The van der Waals surface area contributed by atoms with E-state index < -0.39 is 0 Å². The van der Waals surface area contributed by atoms with Crippen LogP contribution in [-0.2, 0) is 22.5 Å². The standard InChI is InChI=1S/C19H24N4O2S2/c1-11-8-12(2)23(22-11)18-20-16(26-7-6-24-5)15-13-9-19(3,4)25-10-14(13)27-17(15)21-18/h8H,6-7,9-10H2,1-5H3. The fourth-order valence-electron chi connectivity index (χ4n) is 3.35. The molecule has 4 rings (SSSR count). The maximum atomic E-state index is 6.01. The van der Waals surface area contributed by atoms with Crippen molar-refractivity contribution in [2.75, 3.05) is 19.5 Å². The number of aryl methyl sites for hydroxylation is 2. The van der Waals surface area contributed by atoms with E-state index in [-0.39, 0.29) is 5.60 Å². The third-order valence-electron chi connectivity index (χ3n) is 4.61. The summed E-state index contributed by atoms with van der Waals surface area (Å²) in [4.78, 5) is 12.1. The van der Waals surface area contributed by atoms with Crippen LogP contribution in [0.1, 0.15) is 35.7 Å². The summed E-state index contributed by atoms with van der Waals surface area (Å²) in [7, 11) is 1.73. The van der Waals surface area contributed by atoms with Gasteiger partial charge in [-0.1, -0.05) is 0 Å². The molecule has 0 spiro atoms. The van der Waals surface area contributed by atoms with Crippen LogP contribution < -0.4 is 0 Å². The van der Waals surface area contributed by atoms with Gasteiger partial charge in [-0.3, -0.25) is 0 Å². The van der Waals surface area contributed by atoms with Crippen molar-refractivity contribution in [2.24, 2.45) is 0 Å². The van der Waals surface area contributed by atoms with Crippen LogP contribution in [0.2, 0.25) is 0 Å². The van der Waals surface area contributed by atoms with Gasteiger partial charge in [-0.25, -0.2) is 9.67 Å². The molecule has 0 aliphatic carbocycles. The average Bonchev–Trinajstić information content (AvgIpc) is 3.13. The quantitative estimate of drug-likeness (QED) is 0.363. The fraction of sp³-hybridized carbons (Fsp3) is 0.526. The fourth-order valence-corrected chi connectivity index (χ4v) is 5.47. The molecule has 0 unspecified atom stereocenters. The molecule has 144 valence electrons. The van der Waals surface area contributed by atoms with Crippen molar-refractivity contribution >= 4 is 33.3 Å². The van der Waals surface area contributed by atoms with Crippen molar-refractivity contribution in [3.63, 3.8) is 0 Å². The molecule has 0 radical (unpaired) electrons. The van der Waals surface area contributed by atoms with Crippen molar-refractivity contribution in [1.29, 1.82) is 0 Å². The number of fused-ring (bicyclic) bond motifs is 3. The van der Waals surface area contributed by atoms with Crippen LogP contribution in [0, 0.1) is 13.8 Å². The number of hydrogen-bond donors (Lipinski definition) is 0. The third kappa shape index (κ3) is 3.63. The van der Waals surface area contributed by atoms with E-state index in [1.165, 1.54) is 15.8 Å². The van der Waals surface area contributed by atoms with Gasteiger partial charge in [-0.05, 0) is 39.3 Å². The van der Waals surface area contributed by atoms with Gasteiger partial charge in [-0.2, -0.15) is 10.1 Å². The number of nitrogens with zero attached hydrogens (tertiary/aromatic N) is 4. The molecule has 1 aliphatic heterocycles. The first-order chi connectivity index (χ1) is 12.9. The number of thioether (sulfide) groups is 1. The highest BCUT2D eigenvalue weighted by atomic mass is 32.2. The topological polar surface area (TPSA) is 62.1 Å². The Labute approximate surface area is 167 Å². The highest BCUT2D eigenvalue weighted by Gasteiger charge is 2.31. The summed E-state index contributed by atoms with van der Waals surface area (Å²) < 4.78 is 13.1. The molecule has 3 aromatic heterocycles. The smallest absolute Gasteiger partial charge is 0.253 e. The molecule has 0 amide bonds. The molecule has 0 aromatic carbocycles. The Morgan fingerprint density at radius 2 is 2.15 bits per heavy atom. The molecule has 4 heterocycles. The Balaban J connectivity index is 1.87. The Morgan fingerprint density at radius 1 is 1.33 bits per heavy atom. The van der Waals surface area contributed by atoms with E-state index in [2.05, 4.69) is 18.9 Å². The van der Waals surface area contributed by atoms with Crippen LogP contribution >= 0.6 is 23.1 Å². The first kappa shape index (κ1) is 18.9. The molecule has 0 bridgehead atoms. The predicted molar refractivity (Wildman–Crippen MR) is 109 cm³/mol.